The predicted molar refractivity (Wildman–Crippen MR) is 80.0 cm³/mol. The summed E-state index contributed by atoms with van der Waals surface area (Å²) in [7, 11) is 1.57. The highest BCUT2D eigenvalue weighted by atomic mass is 32.2. The number of hydrogen-bond donors (Lipinski definition) is 1. The van der Waals surface area contributed by atoms with Crippen LogP contribution < -0.4 is 4.74 Å². The molecule has 2 aromatic carbocycles. The van der Waals surface area contributed by atoms with E-state index in [4.69, 9.17) is 4.74 Å². The minimum atomic E-state index is 0.186. The molecule has 19 heavy (non-hydrogen) atoms. The molecule has 2 rings (SSSR count). The number of ether oxygens (including phenoxy) is 1. The lowest BCUT2D eigenvalue weighted by Crippen LogP contribution is -1.94. The molecule has 0 aliphatic heterocycles. The Labute approximate surface area is 118 Å². The summed E-state index contributed by atoms with van der Waals surface area (Å²) in [6.07, 6.45) is 1.02. The maximum atomic E-state index is 9.65. The van der Waals surface area contributed by atoms with Gasteiger partial charge in [-0.1, -0.05) is 31.2 Å². The van der Waals surface area contributed by atoms with E-state index in [2.05, 4.69) is 19.1 Å². The molecule has 3 heteroatoms. The third kappa shape index (κ3) is 3.44. The molecule has 1 atom stereocenters. The van der Waals surface area contributed by atoms with Crippen LogP contribution in [0.15, 0.2) is 53.4 Å². The standard InChI is InChI=1S/C16H18O2S/c1-3-16(19-13-7-5-4-6-8-13)12-9-10-14(17)15(11-12)18-2/h4-11,16-17H,3H2,1-2H3. The Morgan fingerprint density at radius 3 is 2.53 bits per heavy atom. The summed E-state index contributed by atoms with van der Waals surface area (Å²) in [6.45, 7) is 2.17. The molecule has 0 aromatic heterocycles. The second-order valence-corrected chi connectivity index (χ2v) is 5.54. The van der Waals surface area contributed by atoms with Gasteiger partial charge in [0, 0.05) is 10.1 Å². The van der Waals surface area contributed by atoms with Gasteiger partial charge in [-0.25, -0.2) is 0 Å². The van der Waals surface area contributed by atoms with Gasteiger partial charge < -0.3 is 9.84 Å². The SMILES string of the molecule is CCC(Sc1ccccc1)c1ccc(O)c(OC)c1. The Bertz CT molecular complexity index is 526. The minimum absolute atomic E-state index is 0.186. The van der Waals surface area contributed by atoms with Crippen molar-refractivity contribution in [1.29, 1.82) is 0 Å². The quantitative estimate of drug-likeness (QED) is 0.805. The lowest BCUT2D eigenvalue weighted by Gasteiger charge is -2.16. The Morgan fingerprint density at radius 2 is 1.89 bits per heavy atom. The van der Waals surface area contributed by atoms with Crippen LogP contribution in [0.1, 0.15) is 24.2 Å². The smallest absolute Gasteiger partial charge is 0.160 e. The summed E-state index contributed by atoms with van der Waals surface area (Å²) in [5.41, 5.74) is 1.17. The van der Waals surface area contributed by atoms with Gasteiger partial charge in [0.1, 0.15) is 0 Å². The number of methoxy groups -OCH3 is 1. The Hall–Kier alpha value is -1.61. The van der Waals surface area contributed by atoms with Crippen LogP contribution in [-0.4, -0.2) is 12.2 Å². The number of phenols is 1. The first kappa shape index (κ1) is 13.8. The normalized spacial score (nSPS) is 12.1. The van der Waals surface area contributed by atoms with Gasteiger partial charge in [-0.15, -0.1) is 11.8 Å². The van der Waals surface area contributed by atoms with Crippen LogP contribution in [0.4, 0.5) is 0 Å². The van der Waals surface area contributed by atoms with E-state index in [-0.39, 0.29) is 5.75 Å². The van der Waals surface area contributed by atoms with Gasteiger partial charge >= 0.3 is 0 Å². The zero-order valence-electron chi connectivity index (χ0n) is 11.2. The van der Waals surface area contributed by atoms with Crippen LogP contribution in [0.3, 0.4) is 0 Å². The van der Waals surface area contributed by atoms with E-state index in [1.807, 2.05) is 42.1 Å². The van der Waals surface area contributed by atoms with Crippen LogP contribution in [0.5, 0.6) is 11.5 Å². The van der Waals surface area contributed by atoms with Gasteiger partial charge in [-0.2, -0.15) is 0 Å². The van der Waals surface area contributed by atoms with Crippen molar-refractivity contribution < 1.29 is 9.84 Å². The molecule has 100 valence electrons. The van der Waals surface area contributed by atoms with Crippen LogP contribution in [0.2, 0.25) is 0 Å². The molecule has 1 unspecified atom stereocenters. The van der Waals surface area contributed by atoms with E-state index in [1.54, 1.807) is 13.2 Å². The molecular formula is C16H18O2S. The summed E-state index contributed by atoms with van der Waals surface area (Å²) in [4.78, 5) is 1.25. The van der Waals surface area contributed by atoms with Crippen molar-refractivity contribution in [3.63, 3.8) is 0 Å². The Morgan fingerprint density at radius 1 is 1.16 bits per heavy atom. The molecule has 2 aromatic rings. The average Bonchev–Trinajstić information content (AvgIpc) is 2.46. The first-order valence-electron chi connectivity index (χ1n) is 6.33. The summed E-state index contributed by atoms with van der Waals surface area (Å²) in [5.74, 6) is 0.718. The van der Waals surface area contributed by atoms with Crippen molar-refractivity contribution in [2.75, 3.05) is 7.11 Å². The predicted octanol–water partition coefficient (Wildman–Crippen LogP) is 4.64. The molecule has 0 saturated heterocycles. The average molecular weight is 274 g/mol. The highest BCUT2D eigenvalue weighted by Crippen LogP contribution is 2.40. The molecule has 0 spiro atoms. The fourth-order valence-corrected chi connectivity index (χ4v) is 3.04. The van der Waals surface area contributed by atoms with E-state index < -0.39 is 0 Å². The maximum Gasteiger partial charge on any atom is 0.160 e. The van der Waals surface area contributed by atoms with E-state index in [0.29, 0.717) is 11.0 Å². The summed E-state index contributed by atoms with van der Waals surface area (Å²) in [6, 6.07) is 15.9. The largest absolute Gasteiger partial charge is 0.504 e. The molecule has 0 saturated carbocycles. The molecule has 0 bridgehead atoms. The molecular weight excluding hydrogens is 256 g/mol. The lowest BCUT2D eigenvalue weighted by molar-refractivity contribution is 0.373. The van der Waals surface area contributed by atoms with Gasteiger partial charge in [-0.05, 0) is 36.2 Å². The number of aromatic hydroxyl groups is 1. The molecule has 0 radical (unpaired) electrons. The lowest BCUT2D eigenvalue weighted by atomic mass is 10.1. The zero-order valence-corrected chi connectivity index (χ0v) is 12.0. The van der Waals surface area contributed by atoms with Crippen molar-refractivity contribution >= 4 is 11.8 Å². The van der Waals surface area contributed by atoms with Gasteiger partial charge in [0.15, 0.2) is 11.5 Å². The molecule has 0 aliphatic carbocycles. The van der Waals surface area contributed by atoms with Gasteiger partial charge in [0.2, 0.25) is 0 Å². The van der Waals surface area contributed by atoms with Crippen LogP contribution in [-0.2, 0) is 0 Å². The fraction of sp³-hybridized carbons (Fsp3) is 0.250. The zero-order chi connectivity index (χ0) is 13.7. The summed E-state index contributed by atoms with van der Waals surface area (Å²) >= 11 is 1.83. The molecule has 1 N–H and O–H groups in total. The first-order chi connectivity index (χ1) is 9.24. The second-order valence-electron chi connectivity index (χ2n) is 4.26. The van der Waals surface area contributed by atoms with Crippen molar-refractivity contribution in [1.82, 2.24) is 0 Å². The maximum absolute atomic E-state index is 9.65. The summed E-state index contributed by atoms with van der Waals surface area (Å²) in [5, 5.41) is 10.0. The minimum Gasteiger partial charge on any atom is -0.504 e. The Kier molecular flexibility index (Phi) is 4.74. The highest BCUT2D eigenvalue weighted by molar-refractivity contribution is 7.99. The number of benzene rings is 2. The molecule has 0 aliphatic rings. The van der Waals surface area contributed by atoms with Gasteiger partial charge in [-0.3, -0.25) is 0 Å². The topological polar surface area (TPSA) is 29.5 Å². The van der Waals surface area contributed by atoms with Crippen molar-refractivity contribution in [3.8, 4) is 11.5 Å². The monoisotopic (exact) mass is 274 g/mol. The van der Waals surface area contributed by atoms with Crippen LogP contribution >= 0.6 is 11.8 Å². The van der Waals surface area contributed by atoms with Crippen molar-refractivity contribution in [3.05, 3.63) is 54.1 Å². The van der Waals surface area contributed by atoms with E-state index in [9.17, 15) is 5.11 Å². The number of thioether (sulfide) groups is 1. The van der Waals surface area contributed by atoms with E-state index in [0.717, 1.165) is 6.42 Å². The van der Waals surface area contributed by atoms with Gasteiger partial charge in [0.25, 0.3) is 0 Å². The van der Waals surface area contributed by atoms with Crippen LogP contribution in [0.25, 0.3) is 0 Å². The first-order valence-corrected chi connectivity index (χ1v) is 7.21. The highest BCUT2D eigenvalue weighted by Gasteiger charge is 2.13. The number of rotatable bonds is 5. The summed E-state index contributed by atoms with van der Waals surface area (Å²) < 4.78 is 5.17. The van der Waals surface area contributed by atoms with Crippen molar-refractivity contribution in [2.45, 2.75) is 23.5 Å². The Balaban J connectivity index is 2.22. The van der Waals surface area contributed by atoms with E-state index in [1.165, 1.54) is 10.5 Å². The molecule has 2 nitrogen and oxygen atoms in total. The van der Waals surface area contributed by atoms with Crippen molar-refractivity contribution in [2.24, 2.45) is 0 Å². The van der Waals surface area contributed by atoms with Gasteiger partial charge in [0.05, 0.1) is 7.11 Å². The number of hydrogen-bond acceptors (Lipinski definition) is 3. The molecule has 0 amide bonds. The fourth-order valence-electron chi connectivity index (χ4n) is 1.94. The molecule has 0 heterocycles. The third-order valence-electron chi connectivity index (χ3n) is 2.97. The van der Waals surface area contributed by atoms with E-state index >= 15 is 0 Å². The number of phenolic OH excluding ortho intramolecular Hbond substituents is 1. The third-order valence-corrected chi connectivity index (χ3v) is 4.40. The van der Waals surface area contributed by atoms with Crippen LogP contribution in [0, 0.1) is 0 Å². The molecule has 0 fully saturated rings. The second kappa shape index (κ2) is 6.53.